The molecule has 1 amide bonds. The lowest BCUT2D eigenvalue weighted by Gasteiger charge is -2.03. The molecule has 0 aliphatic carbocycles. The topological polar surface area (TPSA) is 94.3 Å². The normalized spacial score (nSPS) is 10.3. The molecule has 2 rings (SSSR count). The fourth-order valence-corrected chi connectivity index (χ4v) is 2.38. The number of nitrogens with zero attached hydrogens (tertiary/aromatic N) is 2. The average Bonchev–Trinajstić information content (AvgIpc) is 3.00. The molecule has 1 aromatic heterocycles. The number of ether oxygens (including phenoxy) is 1. The fraction of sp³-hybridized carbons (Fsp3) is 0.286. The molecule has 0 saturated heterocycles. The van der Waals surface area contributed by atoms with Gasteiger partial charge in [-0.1, -0.05) is 35.5 Å². The highest BCUT2D eigenvalue weighted by atomic mass is 35.5. The highest BCUT2D eigenvalue weighted by Crippen LogP contribution is 2.28. The maximum atomic E-state index is 11.6. The molecule has 23 heavy (non-hydrogen) atoms. The predicted molar refractivity (Wildman–Crippen MR) is 85.1 cm³/mol. The summed E-state index contributed by atoms with van der Waals surface area (Å²) in [6, 6.07) is 7.08. The third-order valence-corrected chi connectivity index (χ3v) is 3.72. The fourth-order valence-electron chi connectivity index (χ4n) is 1.57. The van der Waals surface area contributed by atoms with Crippen molar-refractivity contribution < 1.29 is 18.7 Å². The summed E-state index contributed by atoms with van der Waals surface area (Å²) < 4.78 is 10.2. The lowest BCUT2D eigenvalue weighted by atomic mass is 10.2. The summed E-state index contributed by atoms with van der Waals surface area (Å²) in [4.78, 5) is 22.7. The maximum Gasteiger partial charge on any atom is 0.325 e. The molecule has 0 unspecified atom stereocenters. The maximum absolute atomic E-state index is 11.6. The van der Waals surface area contributed by atoms with Crippen molar-refractivity contribution in [2.75, 3.05) is 18.9 Å². The van der Waals surface area contributed by atoms with Crippen LogP contribution >= 0.6 is 23.4 Å². The molecule has 0 saturated carbocycles. The van der Waals surface area contributed by atoms with Gasteiger partial charge in [-0.3, -0.25) is 9.59 Å². The zero-order chi connectivity index (χ0) is 16.7. The average molecular weight is 356 g/mol. The van der Waals surface area contributed by atoms with Crippen molar-refractivity contribution in [1.82, 2.24) is 15.5 Å². The molecule has 0 fully saturated rings. The van der Waals surface area contributed by atoms with Crippen LogP contribution in [0.25, 0.3) is 11.5 Å². The zero-order valence-electron chi connectivity index (χ0n) is 12.2. The van der Waals surface area contributed by atoms with Gasteiger partial charge in [-0.05, 0) is 19.1 Å². The number of aromatic nitrogens is 2. The Balaban J connectivity index is 1.84. The number of amides is 1. The Morgan fingerprint density at radius 2 is 2.13 bits per heavy atom. The quantitative estimate of drug-likeness (QED) is 0.600. The van der Waals surface area contributed by atoms with E-state index in [1.807, 2.05) is 0 Å². The van der Waals surface area contributed by atoms with E-state index in [4.69, 9.17) is 20.8 Å². The first kappa shape index (κ1) is 17.3. The van der Waals surface area contributed by atoms with Crippen LogP contribution in [0.5, 0.6) is 0 Å². The standard InChI is InChI=1S/C14H14ClN3O4S/c1-2-21-12(20)7-16-11(19)8-23-14-18-17-13(22-14)9-5-3-4-6-10(9)15/h3-6H,2,7-8H2,1H3,(H,16,19). The predicted octanol–water partition coefficient (Wildman–Crippen LogP) is 2.16. The van der Waals surface area contributed by atoms with Crippen LogP contribution in [0.4, 0.5) is 0 Å². The minimum Gasteiger partial charge on any atom is -0.465 e. The van der Waals surface area contributed by atoms with Gasteiger partial charge in [0.15, 0.2) is 0 Å². The number of hydrogen-bond donors (Lipinski definition) is 1. The lowest BCUT2D eigenvalue weighted by molar-refractivity contribution is -0.143. The number of nitrogens with one attached hydrogen (secondary N) is 1. The smallest absolute Gasteiger partial charge is 0.325 e. The van der Waals surface area contributed by atoms with E-state index < -0.39 is 5.97 Å². The largest absolute Gasteiger partial charge is 0.465 e. The second-order valence-corrected chi connectivity index (χ2v) is 5.56. The Hall–Kier alpha value is -2.06. The number of halogens is 1. The van der Waals surface area contributed by atoms with Gasteiger partial charge in [-0.15, -0.1) is 10.2 Å². The zero-order valence-corrected chi connectivity index (χ0v) is 13.8. The molecular formula is C14H14ClN3O4S. The molecule has 122 valence electrons. The van der Waals surface area contributed by atoms with Gasteiger partial charge >= 0.3 is 5.97 Å². The van der Waals surface area contributed by atoms with E-state index >= 15 is 0 Å². The third kappa shape index (κ3) is 5.26. The van der Waals surface area contributed by atoms with E-state index in [0.29, 0.717) is 10.6 Å². The van der Waals surface area contributed by atoms with Gasteiger partial charge in [-0.25, -0.2) is 0 Å². The third-order valence-electron chi connectivity index (χ3n) is 2.57. The summed E-state index contributed by atoms with van der Waals surface area (Å²) in [6.45, 7) is 1.81. The van der Waals surface area contributed by atoms with Gasteiger partial charge in [0.1, 0.15) is 6.54 Å². The van der Waals surface area contributed by atoms with Crippen LogP contribution in [0.3, 0.4) is 0 Å². The molecule has 7 nitrogen and oxygen atoms in total. The number of rotatable bonds is 7. The Labute approximate surface area is 141 Å². The van der Waals surface area contributed by atoms with Crippen molar-refractivity contribution >= 4 is 35.2 Å². The summed E-state index contributed by atoms with van der Waals surface area (Å²) in [7, 11) is 0. The van der Waals surface area contributed by atoms with Gasteiger partial charge in [0.05, 0.1) is 22.9 Å². The number of thioether (sulfide) groups is 1. The second kappa shape index (κ2) is 8.54. The number of carbonyl (C=O) groups excluding carboxylic acids is 2. The highest BCUT2D eigenvalue weighted by Gasteiger charge is 2.13. The molecule has 9 heteroatoms. The van der Waals surface area contributed by atoms with Crippen molar-refractivity contribution in [1.29, 1.82) is 0 Å². The van der Waals surface area contributed by atoms with E-state index in [0.717, 1.165) is 11.8 Å². The number of benzene rings is 1. The van der Waals surface area contributed by atoms with Gasteiger partial charge in [0.2, 0.25) is 11.8 Å². The monoisotopic (exact) mass is 355 g/mol. The Bertz CT molecular complexity index is 692. The number of hydrogen-bond acceptors (Lipinski definition) is 7. The first-order valence-corrected chi connectivity index (χ1v) is 8.10. The van der Waals surface area contributed by atoms with E-state index in [-0.39, 0.29) is 35.9 Å². The summed E-state index contributed by atoms with van der Waals surface area (Å²) in [5, 5.41) is 10.9. The van der Waals surface area contributed by atoms with E-state index in [1.54, 1.807) is 31.2 Å². The molecular weight excluding hydrogens is 342 g/mol. The first-order valence-electron chi connectivity index (χ1n) is 6.73. The Kier molecular flexibility index (Phi) is 6.42. The van der Waals surface area contributed by atoms with E-state index in [9.17, 15) is 9.59 Å². The van der Waals surface area contributed by atoms with Crippen LogP contribution < -0.4 is 5.32 Å². The number of carbonyl (C=O) groups is 2. The van der Waals surface area contributed by atoms with Crippen LogP contribution in [0.1, 0.15) is 6.92 Å². The van der Waals surface area contributed by atoms with Crippen molar-refractivity contribution in [3.8, 4) is 11.5 Å². The second-order valence-electron chi connectivity index (χ2n) is 4.22. The van der Waals surface area contributed by atoms with Crippen molar-refractivity contribution in [2.24, 2.45) is 0 Å². The molecule has 0 aliphatic heterocycles. The molecule has 0 spiro atoms. The van der Waals surface area contributed by atoms with Gasteiger partial charge < -0.3 is 14.5 Å². The van der Waals surface area contributed by atoms with Crippen LogP contribution in [0, 0.1) is 0 Å². The minimum atomic E-state index is -0.482. The van der Waals surface area contributed by atoms with Gasteiger partial charge in [0.25, 0.3) is 5.22 Å². The summed E-state index contributed by atoms with van der Waals surface area (Å²) in [5.41, 5.74) is 0.625. The lowest BCUT2D eigenvalue weighted by Crippen LogP contribution is -2.31. The van der Waals surface area contributed by atoms with Crippen molar-refractivity contribution in [2.45, 2.75) is 12.1 Å². The molecule has 0 aliphatic rings. The molecule has 2 aromatic rings. The van der Waals surface area contributed by atoms with Gasteiger partial charge in [0, 0.05) is 0 Å². The number of esters is 1. The summed E-state index contributed by atoms with van der Waals surface area (Å²) in [6.07, 6.45) is 0. The Morgan fingerprint density at radius 3 is 2.87 bits per heavy atom. The SMILES string of the molecule is CCOC(=O)CNC(=O)CSc1nnc(-c2ccccc2Cl)o1. The summed E-state index contributed by atoms with van der Waals surface area (Å²) in [5.74, 6) is -0.487. The molecule has 0 bridgehead atoms. The van der Waals surface area contributed by atoms with Crippen LogP contribution in [0.2, 0.25) is 5.02 Å². The molecule has 0 atom stereocenters. The first-order chi connectivity index (χ1) is 11.1. The van der Waals surface area contributed by atoms with Gasteiger partial charge in [-0.2, -0.15) is 0 Å². The minimum absolute atomic E-state index is 0.0452. The van der Waals surface area contributed by atoms with Crippen LogP contribution in [-0.4, -0.2) is 41.0 Å². The van der Waals surface area contributed by atoms with E-state index in [2.05, 4.69) is 15.5 Å². The van der Waals surface area contributed by atoms with Crippen LogP contribution in [0.15, 0.2) is 33.9 Å². The van der Waals surface area contributed by atoms with Crippen molar-refractivity contribution in [3.05, 3.63) is 29.3 Å². The molecule has 0 radical (unpaired) electrons. The molecule has 1 aromatic carbocycles. The van der Waals surface area contributed by atoms with E-state index in [1.165, 1.54) is 0 Å². The summed E-state index contributed by atoms with van der Waals surface area (Å²) >= 11 is 7.12. The van der Waals surface area contributed by atoms with Crippen LogP contribution in [-0.2, 0) is 14.3 Å². The highest BCUT2D eigenvalue weighted by molar-refractivity contribution is 7.99. The van der Waals surface area contributed by atoms with Crippen molar-refractivity contribution in [3.63, 3.8) is 0 Å². The molecule has 1 N–H and O–H groups in total. The Morgan fingerprint density at radius 1 is 1.35 bits per heavy atom. The molecule has 1 heterocycles.